The molecule has 6 atom stereocenters. The summed E-state index contributed by atoms with van der Waals surface area (Å²) in [6, 6.07) is 11.3. The van der Waals surface area contributed by atoms with Crippen LogP contribution < -0.4 is 0 Å². The molecular weight excluding hydrogens is 504 g/mol. The van der Waals surface area contributed by atoms with E-state index < -0.39 is 5.60 Å². The highest BCUT2D eigenvalue weighted by atomic mass is 16.3. The number of benzene rings is 1. The van der Waals surface area contributed by atoms with E-state index in [-0.39, 0.29) is 11.5 Å². The SMILES string of the molecule is O[C@]12C=C(c3nccc4c3[nH]c3ccccc34)[C@@H]3CCN(CCCCC=CCC1)CC31CC3C=CCCCCN3[C@H]12. The topological polar surface area (TPSA) is 55.4 Å². The van der Waals surface area contributed by atoms with Crippen LogP contribution >= 0.6 is 0 Å². The molecule has 2 fully saturated rings. The lowest BCUT2D eigenvalue weighted by Gasteiger charge is -2.58. The van der Waals surface area contributed by atoms with Gasteiger partial charge in [0.2, 0.25) is 0 Å². The summed E-state index contributed by atoms with van der Waals surface area (Å²) in [6.45, 7) is 4.47. The molecule has 5 heteroatoms. The predicted molar refractivity (Wildman–Crippen MR) is 168 cm³/mol. The fourth-order valence-electron chi connectivity index (χ4n) is 9.59. The average Bonchev–Trinajstić information content (AvgIpc) is 3.49. The number of fused-ring (bicyclic) bond motifs is 5. The maximum atomic E-state index is 13.1. The van der Waals surface area contributed by atoms with E-state index in [1.165, 1.54) is 55.0 Å². The number of allylic oxidation sites excluding steroid dienone is 4. The molecule has 5 aliphatic rings. The number of aromatic nitrogens is 2. The second-order valence-corrected chi connectivity index (χ2v) is 13.5. The second-order valence-electron chi connectivity index (χ2n) is 13.5. The van der Waals surface area contributed by atoms with Crippen LogP contribution in [0.15, 0.2) is 66.9 Å². The van der Waals surface area contributed by atoms with Crippen molar-refractivity contribution in [1.29, 1.82) is 0 Å². The molecule has 8 rings (SSSR count). The first-order valence-corrected chi connectivity index (χ1v) is 16.3. The molecule has 1 spiro atoms. The van der Waals surface area contributed by atoms with Crippen molar-refractivity contribution in [2.24, 2.45) is 11.3 Å². The van der Waals surface area contributed by atoms with Crippen LogP contribution in [-0.4, -0.2) is 68.7 Å². The Kier molecular flexibility index (Phi) is 6.46. The summed E-state index contributed by atoms with van der Waals surface area (Å²) in [5.74, 6) is 0.385. The van der Waals surface area contributed by atoms with Gasteiger partial charge in [0.15, 0.2) is 0 Å². The number of hydrogen-bond acceptors (Lipinski definition) is 4. The molecule has 0 radical (unpaired) electrons. The van der Waals surface area contributed by atoms with Gasteiger partial charge in [0.1, 0.15) is 0 Å². The van der Waals surface area contributed by atoms with Crippen molar-refractivity contribution < 1.29 is 5.11 Å². The Balaban J connectivity index is 1.35. The van der Waals surface area contributed by atoms with Crippen LogP contribution in [0, 0.1) is 11.3 Å². The van der Waals surface area contributed by atoms with E-state index in [1.807, 2.05) is 6.20 Å². The zero-order valence-corrected chi connectivity index (χ0v) is 24.3. The maximum Gasteiger partial charge on any atom is 0.0998 e. The van der Waals surface area contributed by atoms with Gasteiger partial charge in [-0.15, -0.1) is 0 Å². The normalized spacial score (nSPS) is 36.1. The number of piperidine rings is 1. The number of para-hydroxylation sites is 1. The van der Waals surface area contributed by atoms with Gasteiger partial charge in [-0.2, -0.15) is 0 Å². The largest absolute Gasteiger partial charge is 0.384 e. The molecule has 2 saturated heterocycles. The molecule has 1 aliphatic carbocycles. The Bertz CT molecular complexity index is 1530. The Morgan fingerprint density at radius 1 is 0.902 bits per heavy atom. The number of aromatic amines is 1. The number of rotatable bonds is 1. The van der Waals surface area contributed by atoms with Crippen molar-refractivity contribution in [1.82, 2.24) is 19.8 Å². The zero-order valence-electron chi connectivity index (χ0n) is 24.3. The van der Waals surface area contributed by atoms with Crippen molar-refractivity contribution >= 4 is 27.4 Å². The van der Waals surface area contributed by atoms with Crippen molar-refractivity contribution in [3.05, 3.63) is 72.6 Å². The van der Waals surface area contributed by atoms with E-state index in [2.05, 4.69) is 75.5 Å². The number of nitrogens with one attached hydrogen (secondary N) is 1. The molecule has 214 valence electrons. The lowest BCUT2D eigenvalue weighted by atomic mass is 9.54. The summed E-state index contributed by atoms with van der Waals surface area (Å²) < 4.78 is 0. The highest BCUT2D eigenvalue weighted by Crippen LogP contribution is 2.61. The van der Waals surface area contributed by atoms with Gasteiger partial charge in [-0.05, 0) is 114 Å². The number of aliphatic hydroxyl groups is 1. The maximum absolute atomic E-state index is 13.1. The summed E-state index contributed by atoms with van der Waals surface area (Å²) >= 11 is 0. The zero-order chi connectivity index (χ0) is 27.4. The van der Waals surface area contributed by atoms with Gasteiger partial charge < -0.3 is 15.0 Å². The highest BCUT2D eigenvalue weighted by molar-refractivity contribution is 6.09. The third-order valence-electron chi connectivity index (χ3n) is 11.2. The third-order valence-corrected chi connectivity index (χ3v) is 11.2. The first kappa shape index (κ1) is 25.9. The van der Waals surface area contributed by atoms with E-state index in [9.17, 15) is 5.11 Å². The van der Waals surface area contributed by atoms with Crippen molar-refractivity contribution in [3.8, 4) is 0 Å². The monoisotopic (exact) mass is 548 g/mol. The van der Waals surface area contributed by atoms with E-state index in [1.54, 1.807) is 0 Å². The lowest BCUT2D eigenvalue weighted by molar-refractivity contribution is -0.0894. The molecule has 41 heavy (non-hydrogen) atoms. The van der Waals surface area contributed by atoms with Crippen molar-refractivity contribution in [2.45, 2.75) is 81.9 Å². The van der Waals surface area contributed by atoms with Gasteiger partial charge in [0, 0.05) is 40.5 Å². The Labute approximate surface area is 244 Å². The predicted octanol–water partition coefficient (Wildman–Crippen LogP) is 6.86. The highest BCUT2D eigenvalue weighted by Gasteiger charge is 2.65. The molecule has 0 saturated carbocycles. The smallest absolute Gasteiger partial charge is 0.0998 e. The first-order valence-electron chi connectivity index (χ1n) is 16.3. The van der Waals surface area contributed by atoms with Gasteiger partial charge in [-0.3, -0.25) is 9.88 Å². The van der Waals surface area contributed by atoms with Crippen molar-refractivity contribution in [2.75, 3.05) is 26.2 Å². The molecule has 0 amide bonds. The Morgan fingerprint density at radius 2 is 1.76 bits per heavy atom. The molecule has 3 bridgehead atoms. The van der Waals surface area contributed by atoms with Gasteiger partial charge in [0.05, 0.1) is 22.9 Å². The van der Waals surface area contributed by atoms with Crippen LogP contribution in [0.1, 0.15) is 69.9 Å². The van der Waals surface area contributed by atoms with E-state index >= 15 is 0 Å². The van der Waals surface area contributed by atoms with E-state index in [0.717, 1.165) is 68.5 Å². The Hall–Kier alpha value is -2.73. The number of pyridine rings is 1. The molecular formula is C36H44N4O. The lowest BCUT2D eigenvalue weighted by Crippen LogP contribution is -2.65. The summed E-state index contributed by atoms with van der Waals surface area (Å²) in [6.07, 6.45) is 25.2. The van der Waals surface area contributed by atoms with Crippen LogP contribution in [-0.2, 0) is 0 Å². The third kappa shape index (κ3) is 4.18. The average molecular weight is 549 g/mol. The minimum Gasteiger partial charge on any atom is -0.384 e. The van der Waals surface area contributed by atoms with Crippen LogP contribution in [0.5, 0.6) is 0 Å². The molecule has 4 aliphatic heterocycles. The number of hydrogen-bond donors (Lipinski definition) is 2. The van der Waals surface area contributed by atoms with Gasteiger partial charge in [-0.25, -0.2) is 0 Å². The van der Waals surface area contributed by atoms with Gasteiger partial charge >= 0.3 is 0 Å². The second kappa shape index (κ2) is 10.2. The van der Waals surface area contributed by atoms with Crippen LogP contribution in [0.4, 0.5) is 0 Å². The quantitative estimate of drug-likeness (QED) is 0.326. The molecule has 3 unspecified atom stereocenters. The standard InChI is InChI=1S/C36H44N4O/c41-36-18-10-4-1-2-5-11-20-39-22-17-30(35(25-39)23-26-13-7-3-6-12-21-40(26)34(35)36)29(24-36)32-33-28(16-19-37-32)27-14-8-9-15-31(27)38-33/h1,4,7-9,13-16,19,24,26,30,34,38,41H,2-3,5-6,10-12,17-18,20-23,25H2/t26?,30-,34+,35?,36-/m0/s1. The van der Waals surface area contributed by atoms with E-state index in [0.29, 0.717) is 12.0 Å². The summed E-state index contributed by atoms with van der Waals surface area (Å²) in [5, 5.41) is 15.5. The fourth-order valence-corrected chi connectivity index (χ4v) is 9.59. The minimum absolute atomic E-state index is 0.00403. The molecule has 2 N–H and O–H groups in total. The molecule has 3 aromatic rings. The summed E-state index contributed by atoms with van der Waals surface area (Å²) in [4.78, 5) is 14.4. The Morgan fingerprint density at radius 3 is 2.71 bits per heavy atom. The summed E-state index contributed by atoms with van der Waals surface area (Å²) in [7, 11) is 0. The number of nitrogens with zero attached hydrogens (tertiary/aromatic N) is 3. The first-order chi connectivity index (χ1) is 20.2. The van der Waals surface area contributed by atoms with E-state index in [4.69, 9.17) is 4.98 Å². The molecule has 1 aromatic carbocycles. The van der Waals surface area contributed by atoms with Gasteiger partial charge in [0.25, 0.3) is 0 Å². The van der Waals surface area contributed by atoms with Crippen LogP contribution in [0.3, 0.4) is 0 Å². The van der Waals surface area contributed by atoms with Crippen LogP contribution in [0.25, 0.3) is 27.4 Å². The van der Waals surface area contributed by atoms with Crippen LogP contribution in [0.2, 0.25) is 0 Å². The van der Waals surface area contributed by atoms with Gasteiger partial charge in [-0.1, -0.05) is 42.5 Å². The molecule has 6 heterocycles. The fraction of sp³-hybridized carbons (Fsp3) is 0.528. The number of H-pyrrole nitrogens is 1. The minimum atomic E-state index is -0.898. The molecule has 2 aromatic heterocycles. The van der Waals surface area contributed by atoms with Crippen molar-refractivity contribution in [3.63, 3.8) is 0 Å². The molecule has 5 nitrogen and oxygen atoms in total. The summed E-state index contributed by atoms with van der Waals surface area (Å²) in [5.41, 5.74) is 3.74.